The van der Waals surface area contributed by atoms with E-state index in [0.717, 1.165) is 11.8 Å². The minimum absolute atomic E-state index is 0.0434. The van der Waals surface area contributed by atoms with Crippen LogP contribution in [-0.2, 0) is 0 Å². The Labute approximate surface area is 68.4 Å². The van der Waals surface area contributed by atoms with E-state index in [2.05, 4.69) is 0 Å². The Bertz CT molecular complexity index is 108. The van der Waals surface area contributed by atoms with Gasteiger partial charge in [0.1, 0.15) is 0 Å². The summed E-state index contributed by atoms with van der Waals surface area (Å²) in [4.78, 5) is 0. The molecule has 0 aromatic carbocycles. The molecule has 0 aliphatic rings. The van der Waals surface area contributed by atoms with Gasteiger partial charge in [-0.25, -0.2) is 0 Å². The van der Waals surface area contributed by atoms with Crippen LogP contribution in [0.25, 0.3) is 0 Å². The first-order valence-electron chi connectivity index (χ1n) is 3.35. The lowest BCUT2D eigenvalue weighted by molar-refractivity contribution is 0.250. The van der Waals surface area contributed by atoms with E-state index in [9.17, 15) is 12.9 Å². The molecule has 0 spiro atoms. The smallest absolute Gasteiger partial charge is 0.448 e. The summed E-state index contributed by atoms with van der Waals surface area (Å²) in [5, 5.41) is 8.47. The van der Waals surface area contributed by atoms with Gasteiger partial charge in [0.15, 0.2) is 0 Å². The summed E-state index contributed by atoms with van der Waals surface area (Å²) in [6.07, 6.45) is 0. The third-order valence-corrected chi connectivity index (χ3v) is 2.44. The molecule has 0 amide bonds. The van der Waals surface area contributed by atoms with Crippen molar-refractivity contribution in [1.82, 2.24) is 0 Å². The molecule has 0 saturated heterocycles. The van der Waals surface area contributed by atoms with Crippen LogP contribution in [0.3, 0.4) is 0 Å². The quantitative estimate of drug-likeness (QED) is 0.661. The monoisotopic (exact) mass is 187 g/mol. The van der Waals surface area contributed by atoms with Crippen molar-refractivity contribution < 1.29 is 18.1 Å². The normalized spacial score (nSPS) is 15.0. The Morgan fingerprint density at radius 3 is 2.36 bits per heavy atom. The zero-order valence-electron chi connectivity index (χ0n) is 6.27. The molecule has 0 aromatic rings. The highest BCUT2D eigenvalue weighted by Gasteiger charge is 2.22. The molecule has 0 radical (unpaired) electrons. The zero-order valence-corrected chi connectivity index (χ0v) is 7.08. The van der Waals surface area contributed by atoms with Gasteiger partial charge in [-0.1, -0.05) is 6.92 Å². The second-order valence-corrected chi connectivity index (χ2v) is 3.61. The molecule has 0 aliphatic carbocycles. The van der Waals surface area contributed by atoms with E-state index in [-0.39, 0.29) is 12.5 Å². The molecule has 0 fully saturated rings. The molecule has 1 unspecified atom stereocenters. The number of thioether (sulfide) groups is 1. The van der Waals surface area contributed by atoms with E-state index in [1.807, 2.05) is 0 Å². The molecular weight excluding hydrogens is 176 g/mol. The zero-order chi connectivity index (χ0) is 8.91. The highest BCUT2D eigenvalue weighted by molar-refractivity contribution is 8.00. The van der Waals surface area contributed by atoms with Crippen LogP contribution in [0.15, 0.2) is 0 Å². The summed E-state index contributed by atoms with van der Waals surface area (Å²) in [5.41, 5.74) is -0.760. The van der Waals surface area contributed by atoms with Crippen molar-refractivity contribution in [3.05, 3.63) is 0 Å². The average Bonchev–Trinajstić information content (AvgIpc) is 1.85. The molecule has 1 nitrogen and oxygen atoms in total. The first kappa shape index (κ1) is 11.2. The van der Waals surface area contributed by atoms with Crippen molar-refractivity contribution in [1.29, 1.82) is 0 Å². The largest absolute Gasteiger partial charge is 0.488 e. The van der Waals surface area contributed by atoms with Crippen molar-refractivity contribution in [2.75, 3.05) is 18.0 Å². The van der Waals surface area contributed by atoms with Crippen LogP contribution < -0.4 is 0 Å². The minimum Gasteiger partial charge on any atom is -0.448 e. The molecule has 0 saturated carbocycles. The summed E-state index contributed by atoms with van der Waals surface area (Å²) in [7, 11) is 0. The fourth-order valence-electron chi connectivity index (χ4n) is 0.456. The van der Waals surface area contributed by atoms with Crippen molar-refractivity contribution in [3.63, 3.8) is 0 Å². The van der Waals surface area contributed by atoms with Crippen molar-refractivity contribution in [3.8, 4) is 0 Å². The van der Waals surface area contributed by atoms with Gasteiger partial charge in [-0.2, -0.15) is 11.8 Å². The van der Waals surface area contributed by atoms with Gasteiger partial charge in [-0.05, 0) is 17.3 Å². The minimum atomic E-state index is -4.66. The Morgan fingerprint density at radius 1 is 1.45 bits per heavy atom. The maximum Gasteiger partial charge on any atom is 0.488 e. The van der Waals surface area contributed by atoms with Crippen LogP contribution in [0.1, 0.15) is 6.92 Å². The van der Waals surface area contributed by atoms with Crippen LogP contribution in [0.2, 0.25) is 0 Å². The van der Waals surface area contributed by atoms with E-state index in [1.165, 1.54) is 0 Å². The van der Waals surface area contributed by atoms with Crippen LogP contribution >= 0.6 is 11.8 Å². The molecule has 68 valence electrons. The van der Waals surface area contributed by atoms with Gasteiger partial charge >= 0.3 is 6.98 Å². The fraction of sp³-hybridized carbons (Fsp3) is 1.00. The van der Waals surface area contributed by atoms with E-state index < -0.39 is 12.6 Å². The topological polar surface area (TPSA) is 20.2 Å². The van der Waals surface area contributed by atoms with Crippen LogP contribution in [-0.4, -0.2) is 30.1 Å². The molecule has 6 heteroatoms. The molecule has 0 aliphatic heterocycles. The number of halogens is 3. The Kier molecular flexibility index (Phi) is 5.00. The van der Waals surface area contributed by atoms with Gasteiger partial charge in [0, 0.05) is 6.61 Å². The molecule has 0 bridgehead atoms. The van der Waals surface area contributed by atoms with Gasteiger partial charge in [0.25, 0.3) is 0 Å². The summed E-state index contributed by atoms with van der Waals surface area (Å²) in [6.45, 7) is -2.98. The lowest BCUT2D eigenvalue weighted by Crippen LogP contribution is -2.20. The van der Waals surface area contributed by atoms with Crippen molar-refractivity contribution in [2.45, 2.75) is 6.92 Å². The number of hydrogen-bond acceptors (Lipinski definition) is 2. The second-order valence-electron chi connectivity index (χ2n) is 2.54. The summed E-state index contributed by atoms with van der Waals surface area (Å²) >= 11 is 0.836. The van der Waals surface area contributed by atoms with Gasteiger partial charge in [0.05, 0.1) is 0 Å². The van der Waals surface area contributed by atoms with Crippen molar-refractivity contribution in [2.24, 2.45) is 5.92 Å². The summed E-state index contributed by atoms with van der Waals surface area (Å²) < 4.78 is 34.8. The van der Waals surface area contributed by atoms with Crippen LogP contribution in [0, 0.1) is 5.92 Å². The highest BCUT2D eigenvalue weighted by Crippen LogP contribution is 2.17. The van der Waals surface area contributed by atoms with E-state index in [0.29, 0.717) is 5.75 Å². The second kappa shape index (κ2) is 4.93. The van der Waals surface area contributed by atoms with E-state index in [4.69, 9.17) is 5.11 Å². The Morgan fingerprint density at radius 2 is 2.00 bits per heavy atom. The van der Waals surface area contributed by atoms with Gasteiger partial charge in [-0.3, -0.25) is 0 Å². The predicted octanol–water partition coefficient (Wildman–Crippen LogP) is 1.73. The lowest BCUT2D eigenvalue weighted by Gasteiger charge is -2.14. The first-order chi connectivity index (χ1) is 4.95. The van der Waals surface area contributed by atoms with Gasteiger partial charge < -0.3 is 18.1 Å². The fourth-order valence-corrected chi connectivity index (χ4v) is 1.37. The first-order valence-corrected chi connectivity index (χ1v) is 4.51. The molecule has 0 aromatic heterocycles. The lowest BCUT2D eigenvalue weighted by atomic mass is 9.98. The number of aliphatic hydroxyl groups excluding tert-OH is 1. The number of aliphatic hydroxyl groups is 1. The third-order valence-electron chi connectivity index (χ3n) is 1.02. The molecule has 11 heavy (non-hydrogen) atoms. The molecule has 1 N–H and O–H groups in total. The third kappa shape index (κ3) is 8.07. The maximum atomic E-state index is 11.6. The summed E-state index contributed by atoms with van der Waals surface area (Å²) in [6, 6.07) is 0. The van der Waals surface area contributed by atoms with E-state index in [1.54, 1.807) is 6.92 Å². The summed E-state index contributed by atoms with van der Waals surface area (Å²) in [5.74, 6) is 0.329. The Hall–Kier alpha value is 0.165. The van der Waals surface area contributed by atoms with Crippen molar-refractivity contribution >= 4 is 18.7 Å². The van der Waals surface area contributed by atoms with Gasteiger partial charge in [0.2, 0.25) is 0 Å². The highest BCUT2D eigenvalue weighted by atomic mass is 32.2. The standard InChI is InChI=1S/C5H11BF3OS/c1-5(2-10)3-11-4-6(7,8)9/h5,10H,2-4H2,1H3/q-1. The predicted molar refractivity (Wildman–Crippen MR) is 42.7 cm³/mol. The van der Waals surface area contributed by atoms with Gasteiger partial charge in [-0.15, -0.1) is 0 Å². The molecule has 0 rings (SSSR count). The average molecular weight is 187 g/mol. The van der Waals surface area contributed by atoms with E-state index >= 15 is 0 Å². The molecule has 1 atom stereocenters. The van der Waals surface area contributed by atoms with Crippen LogP contribution in [0.5, 0.6) is 0 Å². The number of hydrogen-bond donors (Lipinski definition) is 1. The SMILES string of the molecule is CC(CO)CSC[B-](F)(F)F. The van der Waals surface area contributed by atoms with Crippen LogP contribution in [0.4, 0.5) is 12.9 Å². The Balaban J connectivity index is 3.28. The maximum absolute atomic E-state index is 11.6. The molecule has 0 heterocycles. The molecular formula is C5H11BF3OS-. The number of rotatable bonds is 5.